The number of unbranched alkanes of at least 4 members (excludes halogenated alkanes) is 14. The first kappa shape index (κ1) is 26.4. The highest BCUT2D eigenvalue weighted by Gasteiger charge is 1.93. The van der Waals surface area contributed by atoms with Crippen molar-refractivity contribution in [1.29, 1.82) is 0 Å². The number of rotatable bonds is 20. The van der Waals surface area contributed by atoms with Gasteiger partial charge < -0.3 is 0 Å². The van der Waals surface area contributed by atoms with E-state index in [-0.39, 0.29) is 0 Å². The van der Waals surface area contributed by atoms with E-state index in [0.717, 1.165) is 0 Å². The molecule has 0 aromatic rings. The van der Waals surface area contributed by atoms with Gasteiger partial charge in [0, 0.05) is 0 Å². The van der Waals surface area contributed by atoms with Gasteiger partial charge in [-0.05, 0) is 12.8 Å². The first-order valence-electron chi connectivity index (χ1n) is 11.9. The van der Waals surface area contributed by atoms with Crippen LogP contribution in [0.1, 0.15) is 103 Å². The van der Waals surface area contributed by atoms with Crippen molar-refractivity contribution in [2.24, 2.45) is 0 Å². The van der Waals surface area contributed by atoms with Crippen LogP contribution >= 0.6 is 0 Å². The van der Waals surface area contributed by atoms with E-state index < -0.39 is 0 Å². The molecule has 0 aliphatic rings. The molecule has 0 saturated heterocycles. The van der Waals surface area contributed by atoms with Crippen LogP contribution in [0.2, 0.25) is 0 Å². The van der Waals surface area contributed by atoms with Crippen LogP contribution in [0.15, 0.2) is 73.4 Å². The molecule has 0 aromatic heterocycles. The summed E-state index contributed by atoms with van der Waals surface area (Å²) in [5.41, 5.74) is 0. The highest BCUT2D eigenvalue weighted by molar-refractivity contribution is 5.18. The molecule has 0 N–H and O–H groups in total. The zero-order valence-corrected chi connectivity index (χ0v) is 18.7. The highest BCUT2D eigenvalue weighted by Crippen LogP contribution is 2.13. The van der Waals surface area contributed by atoms with E-state index in [1.807, 2.05) is 30.4 Å². The Labute approximate surface area is 176 Å². The Morgan fingerprint density at radius 3 is 1.21 bits per heavy atom. The molecule has 0 unspecified atom stereocenters. The minimum absolute atomic E-state index is 1.21. The second-order valence-electron chi connectivity index (χ2n) is 7.59. The fourth-order valence-corrected chi connectivity index (χ4v) is 3.16. The van der Waals surface area contributed by atoms with Gasteiger partial charge in [0.1, 0.15) is 0 Å². The van der Waals surface area contributed by atoms with Crippen LogP contribution in [0.25, 0.3) is 0 Å². The maximum absolute atomic E-state index is 3.63. The van der Waals surface area contributed by atoms with Gasteiger partial charge in [0.25, 0.3) is 0 Å². The van der Waals surface area contributed by atoms with Crippen molar-refractivity contribution < 1.29 is 0 Å². The molecule has 0 bridgehead atoms. The Bertz CT molecular complexity index is 445. The molecule has 0 fully saturated rings. The lowest BCUT2D eigenvalue weighted by Gasteiger charge is -2.02. The van der Waals surface area contributed by atoms with E-state index in [0.29, 0.717) is 0 Å². The molecule has 0 radical (unpaired) electrons. The summed E-state index contributed by atoms with van der Waals surface area (Å²) in [7, 11) is 0. The van der Waals surface area contributed by atoms with Gasteiger partial charge in [0.15, 0.2) is 0 Å². The Balaban J connectivity index is 3.28. The third-order valence-electron chi connectivity index (χ3n) is 4.89. The summed E-state index contributed by atoms with van der Waals surface area (Å²) < 4.78 is 0. The van der Waals surface area contributed by atoms with E-state index in [1.165, 1.54) is 96.3 Å². The van der Waals surface area contributed by atoms with Crippen LogP contribution in [0.3, 0.4) is 0 Å². The van der Waals surface area contributed by atoms with Crippen LogP contribution in [0, 0.1) is 0 Å². The lowest BCUT2D eigenvalue weighted by molar-refractivity contribution is 0.536. The predicted molar refractivity (Wildman–Crippen MR) is 131 cm³/mol. The molecule has 0 saturated carbocycles. The van der Waals surface area contributed by atoms with Crippen LogP contribution in [0.5, 0.6) is 0 Å². The molecule has 0 aromatic carbocycles. The van der Waals surface area contributed by atoms with Crippen LogP contribution in [-0.2, 0) is 0 Å². The minimum atomic E-state index is 1.21. The van der Waals surface area contributed by atoms with Crippen molar-refractivity contribution in [1.82, 2.24) is 0 Å². The first-order valence-corrected chi connectivity index (χ1v) is 11.9. The second-order valence-corrected chi connectivity index (χ2v) is 7.59. The van der Waals surface area contributed by atoms with Crippen molar-refractivity contribution >= 4 is 0 Å². The fourth-order valence-electron chi connectivity index (χ4n) is 3.16. The topological polar surface area (TPSA) is 0 Å². The van der Waals surface area contributed by atoms with E-state index in [2.05, 4.69) is 43.9 Å². The third kappa shape index (κ3) is 24.4. The van der Waals surface area contributed by atoms with Crippen molar-refractivity contribution in [2.45, 2.75) is 103 Å². The third-order valence-corrected chi connectivity index (χ3v) is 4.89. The van der Waals surface area contributed by atoms with Gasteiger partial charge in [-0.2, -0.15) is 0 Å². The summed E-state index contributed by atoms with van der Waals surface area (Å²) in [6.45, 7) is 5.92. The van der Waals surface area contributed by atoms with E-state index in [4.69, 9.17) is 0 Å². The quantitative estimate of drug-likeness (QED) is 0.145. The van der Waals surface area contributed by atoms with Gasteiger partial charge in [-0.3, -0.25) is 0 Å². The smallest absolute Gasteiger partial charge is 0.0348 e. The number of hydrogen-bond donors (Lipinski definition) is 0. The largest absolute Gasteiger partial charge is 0.0991 e. The lowest BCUT2D eigenvalue weighted by Crippen LogP contribution is -1.83. The molecule has 0 rings (SSSR count). The van der Waals surface area contributed by atoms with Crippen molar-refractivity contribution in [3.8, 4) is 0 Å². The van der Waals surface area contributed by atoms with Gasteiger partial charge >= 0.3 is 0 Å². The molecule has 0 aliphatic heterocycles. The molecule has 0 heterocycles. The lowest BCUT2D eigenvalue weighted by atomic mass is 10.0. The average Bonchev–Trinajstić information content (AvgIpc) is 2.71. The summed E-state index contributed by atoms with van der Waals surface area (Å²) in [4.78, 5) is 0. The standard InChI is InChI=1S/C28H46/c1-3-5-7-9-11-13-15-17-19-21-23-25-27-28-26-24-22-20-18-16-14-12-10-8-6-4-2/h3,5,7,9,11,13,15,17,19,21,23H,1,4,6,8,10,12,14,16,18,20,22,24-28H2,2H3/b7-5+,11-9+,15-13+,19-17+,23-21+. The molecule has 0 atom stereocenters. The van der Waals surface area contributed by atoms with Crippen molar-refractivity contribution in [3.63, 3.8) is 0 Å². The van der Waals surface area contributed by atoms with Crippen molar-refractivity contribution in [2.75, 3.05) is 0 Å². The molecule has 28 heavy (non-hydrogen) atoms. The molecule has 0 heteroatoms. The first-order chi connectivity index (χ1) is 13.9. The van der Waals surface area contributed by atoms with Gasteiger partial charge in [0.05, 0.1) is 0 Å². The van der Waals surface area contributed by atoms with Crippen molar-refractivity contribution in [3.05, 3.63) is 73.4 Å². The summed E-state index contributed by atoms with van der Waals surface area (Å²) >= 11 is 0. The summed E-state index contributed by atoms with van der Waals surface area (Å²) in [6, 6.07) is 0. The van der Waals surface area contributed by atoms with Gasteiger partial charge in [0.2, 0.25) is 0 Å². The predicted octanol–water partition coefficient (Wildman–Crippen LogP) is 9.82. The molecule has 0 spiro atoms. The van der Waals surface area contributed by atoms with E-state index in [9.17, 15) is 0 Å². The van der Waals surface area contributed by atoms with Crippen LogP contribution < -0.4 is 0 Å². The summed E-state index contributed by atoms with van der Waals surface area (Å²) in [5.74, 6) is 0. The highest BCUT2D eigenvalue weighted by atomic mass is 14.0. The number of allylic oxidation sites excluding steroid dienone is 11. The molecular formula is C28H46. The van der Waals surface area contributed by atoms with Gasteiger partial charge in [-0.25, -0.2) is 0 Å². The van der Waals surface area contributed by atoms with Crippen LogP contribution in [0.4, 0.5) is 0 Å². The second kappa shape index (κ2) is 25.4. The zero-order valence-electron chi connectivity index (χ0n) is 18.7. The van der Waals surface area contributed by atoms with Gasteiger partial charge in [-0.1, -0.05) is 164 Å². The number of hydrogen-bond acceptors (Lipinski definition) is 0. The molecule has 0 nitrogen and oxygen atoms in total. The Kier molecular flexibility index (Phi) is 24.0. The summed E-state index contributed by atoms with van der Waals surface area (Å²) in [6.07, 6.45) is 43.6. The monoisotopic (exact) mass is 382 g/mol. The maximum Gasteiger partial charge on any atom is -0.0348 e. The van der Waals surface area contributed by atoms with Gasteiger partial charge in [-0.15, -0.1) is 0 Å². The Morgan fingerprint density at radius 1 is 0.429 bits per heavy atom. The Hall–Kier alpha value is -1.56. The molecular weight excluding hydrogens is 336 g/mol. The fraction of sp³-hybridized carbons (Fsp3) is 0.571. The SMILES string of the molecule is C=C/C=C/C=C/C=C/C=C/C=C/CCCCCCCCCCCCCCCC. The average molecular weight is 383 g/mol. The maximum atomic E-state index is 3.63. The molecule has 0 aliphatic carbocycles. The summed E-state index contributed by atoms with van der Waals surface area (Å²) in [5, 5.41) is 0. The molecule has 0 amide bonds. The zero-order chi connectivity index (χ0) is 20.4. The normalized spacial score (nSPS) is 12.6. The Morgan fingerprint density at radius 2 is 0.786 bits per heavy atom. The van der Waals surface area contributed by atoms with E-state index in [1.54, 1.807) is 6.08 Å². The minimum Gasteiger partial charge on any atom is -0.0991 e. The molecule has 158 valence electrons. The van der Waals surface area contributed by atoms with E-state index >= 15 is 0 Å². The van der Waals surface area contributed by atoms with Crippen LogP contribution in [-0.4, -0.2) is 0 Å².